The molecule has 1 aromatic rings. The molecule has 1 fully saturated rings. The molecule has 2 N–H and O–H groups in total. The molecular formula is C12H19N3O2S2. The van der Waals surface area contributed by atoms with Crippen LogP contribution >= 0.6 is 11.8 Å². The summed E-state index contributed by atoms with van der Waals surface area (Å²) < 4.78 is 26.7. The summed E-state index contributed by atoms with van der Waals surface area (Å²) in [4.78, 5) is 4.07. The van der Waals surface area contributed by atoms with E-state index in [0.717, 1.165) is 12.2 Å². The summed E-state index contributed by atoms with van der Waals surface area (Å²) in [6, 6.07) is 3.03. The van der Waals surface area contributed by atoms with Crippen LogP contribution in [0.15, 0.2) is 23.2 Å². The van der Waals surface area contributed by atoms with E-state index in [2.05, 4.69) is 18.8 Å². The van der Waals surface area contributed by atoms with Crippen molar-refractivity contribution in [3.63, 3.8) is 0 Å². The van der Waals surface area contributed by atoms with Gasteiger partial charge in [-0.05, 0) is 18.6 Å². The van der Waals surface area contributed by atoms with Gasteiger partial charge in [-0.1, -0.05) is 13.8 Å². The number of thioether (sulfide) groups is 1. The van der Waals surface area contributed by atoms with E-state index in [4.69, 9.17) is 5.73 Å². The lowest BCUT2D eigenvalue weighted by atomic mass is 10.1. The number of nitrogen functional groups attached to an aromatic ring is 1. The number of anilines is 1. The molecule has 2 rings (SSSR count). The predicted molar refractivity (Wildman–Crippen MR) is 78.6 cm³/mol. The zero-order chi connectivity index (χ0) is 14.1. The molecule has 2 heterocycles. The fourth-order valence-corrected chi connectivity index (χ4v) is 4.54. The molecule has 0 spiro atoms. The highest BCUT2D eigenvalue weighted by Crippen LogP contribution is 2.32. The van der Waals surface area contributed by atoms with Crippen LogP contribution in [0.2, 0.25) is 0 Å². The third-order valence-corrected chi connectivity index (χ3v) is 6.45. The lowest BCUT2D eigenvalue weighted by molar-refractivity contribution is 0.415. The molecule has 106 valence electrons. The van der Waals surface area contributed by atoms with Crippen LogP contribution in [0, 0.1) is 0 Å². The van der Waals surface area contributed by atoms with Crippen molar-refractivity contribution < 1.29 is 8.42 Å². The van der Waals surface area contributed by atoms with Crippen LogP contribution < -0.4 is 5.73 Å². The van der Waals surface area contributed by atoms with Crippen LogP contribution in [0.25, 0.3) is 0 Å². The minimum Gasteiger partial charge on any atom is -0.384 e. The number of aromatic nitrogens is 1. The highest BCUT2D eigenvalue weighted by molar-refractivity contribution is 8.00. The van der Waals surface area contributed by atoms with Gasteiger partial charge in [0.25, 0.3) is 0 Å². The van der Waals surface area contributed by atoms with Gasteiger partial charge < -0.3 is 5.73 Å². The van der Waals surface area contributed by atoms with Gasteiger partial charge in [-0.25, -0.2) is 13.4 Å². The maximum Gasteiger partial charge on any atom is 0.244 e. The van der Waals surface area contributed by atoms with E-state index in [-0.39, 0.29) is 9.64 Å². The number of nitrogens with zero attached hydrogens (tertiary/aromatic N) is 2. The lowest BCUT2D eigenvalue weighted by Crippen LogP contribution is -2.33. The van der Waals surface area contributed by atoms with Crippen molar-refractivity contribution in [3.05, 3.63) is 18.3 Å². The van der Waals surface area contributed by atoms with Crippen LogP contribution in [0.5, 0.6) is 0 Å². The zero-order valence-electron chi connectivity index (χ0n) is 11.2. The number of pyridine rings is 1. The standard InChI is InChI=1S/C12H19N3O2S2/c1-12(2)5-6-15(7-8-18-12)19(16,17)10-3-4-11(13)14-9-10/h3-4,9H,5-8H2,1-2H3,(H2,13,14). The van der Waals surface area contributed by atoms with E-state index in [9.17, 15) is 8.42 Å². The second-order valence-electron chi connectivity index (χ2n) is 5.18. The van der Waals surface area contributed by atoms with Crippen LogP contribution in [0.4, 0.5) is 5.82 Å². The van der Waals surface area contributed by atoms with Crippen molar-refractivity contribution in [1.82, 2.24) is 9.29 Å². The van der Waals surface area contributed by atoms with Crippen molar-refractivity contribution in [2.75, 3.05) is 24.6 Å². The van der Waals surface area contributed by atoms with E-state index >= 15 is 0 Å². The first kappa shape index (κ1) is 14.6. The number of hydrogen-bond acceptors (Lipinski definition) is 5. The second-order valence-corrected chi connectivity index (χ2v) is 8.92. The molecule has 0 atom stereocenters. The van der Waals surface area contributed by atoms with E-state index in [1.54, 1.807) is 4.31 Å². The van der Waals surface area contributed by atoms with Crippen LogP contribution in [0.1, 0.15) is 20.3 Å². The Bertz CT molecular complexity index is 541. The second kappa shape index (κ2) is 5.30. The Labute approximate surface area is 118 Å². The lowest BCUT2D eigenvalue weighted by Gasteiger charge is -2.22. The molecule has 1 aromatic heterocycles. The molecule has 0 radical (unpaired) electrons. The highest BCUT2D eigenvalue weighted by Gasteiger charge is 2.30. The first-order valence-corrected chi connectivity index (χ1v) is 8.59. The Morgan fingerprint density at radius 2 is 2.11 bits per heavy atom. The molecule has 0 bridgehead atoms. The summed E-state index contributed by atoms with van der Waals surface area (Å²) in [5, 5.41) is 0. The summed E-state index contributed by atoms with van der Waals surface area (Å²) in [6.07, 6.45) is 2.17. The Morgan fingerprint density at radius 3 is 2.74 bits per heavy atom. The van der Waals surface area contributed by atoms with E-state index in [0.29, 0.717) is 18.9 Å². The molecule has 0 aliphatic carbocycles. The highest BCUT2D eigenvalue weighted by atomic mass is 32.2. The topological polar surface area (TPSA) is 76.3 Å². The molecule has 7 heteroatoms. The van der Waals surface area contributed by atoms with Crippen molar-refractivity contribution in [3.8, 4) is 0 Å². The predicted octanol–water partition coefficient (Wildman–Crippen LogP) is 1.57. The van der Waals surface area contributed by atoms with Gasteiger partial charge in [-0.15, -0.1) is 0 Å². The number of hydrogen-bond donors (Lipinski definition) is 1. The Kier molecular flexibility index (Phi) is 4.08. The Balaban J connectivity index is 2.22. The number of sulfonamides is 1. The molecule has 0 aromatic carbocycles. The first-order chi connectivity index (χ1) is 8.81. The molecule has 0 amide bonds. The summed E-state index contributed by atoms with van der Waals surface area (Å²) in [7, 11) is -3.45. The largest absolute Gasteiger partial charge is 0.384 e. The third-order valence-electron chi connectivity index (χ3n) is 3.19. The molecule has 0 unspecified atom stereocenters. The van der Waals surface area contributed by atoms with Crippen LogP contribution in [-0.4, -0.2) is 41.3 Å². The zero-order valence-corrected chi connectivity index (χ0v) is 12.8. The third kappa shape index (κ3) is 3.40. The van der Waals surface area contributed by atoms with Crippen molar-refractivity contribution >= 4 is 27.6 Å². The van der Waals surface area contributed by atoms with Gasteiger partial charge in [0, 0.05) is 29.8 Å². The normalized spacial score (nSPS) is 20.9. The fraction of sp³-hybridized carbons (Fsp3) is 0.583. The summed E-state index contributed by atoms with van der Waals surface area (Å²) >= 11 is 1.82. The van der Waals surface area contributed by atoms with Crippen LogP contribution in [-0.2, 0) is 10.0 Å². The Hall–Kier alpha value is -0.790. The van der Waals surface area contributed by atoms with Gasteiger partial charge in [-0.3, -0.25) is 0 Å². The Morgan fingerprint density at radius 1 is 1.37 bits per heavy atom. The van der Waals surface area contributed by atoms with Crippen molar-refractivity contribution in [2.24, 2.45) is 0 Å². The monoisotopic (exact) mass is 301 g/mol. The molecule has 0 saturated carbocycles. The van der Waals surface area contributed by atoms with Gasteiger partial charge >= 0.3 is 0 Å². The van der Waals surface area contributed by atoms with Gasteiger partial charge in [0.15, 0.2) is 0 Å². The molecule has 19 heavy (non-hydrogen) atoms. The molecule has 1 aliphatic heterocycles. The maximum atomic E-state index is 12.5. The molecule has 1 saturated heterocycles. The number of nitrogens with two attached hydrogens (primary N) is 1. The first-order valence-electron chi connectivity index (χ1n) is 6.17. The average molecular weight is 301 g/mol. The summed E-state index contributed by atoms with van der Waals surface area (Å²) in [5.41, 5.74) is 5.49. The summed E-state index contributed by atoms with van der Waals surface area (Å²) in [6.45, 7) is 5.39. The molecular weight excluding hydrogens is 282 g/mol. The summed E-state index contributed by atoms with van der Waals surface area (Å²) in [5.74, 6) is 1.14. The minimum atomic E-state index is -3.45. The molecule has 1 aliphatic rings. The SMILES string of the molecule is CC1(C)CCN(S(=O)(=O)c2ccc(N)nc2)CCS1. The number of rotatable bonds is 2. The van der Waals surface area contributed by atoms with Crippen LogP contribution in [0.3, 0.4) is 0 Å². The van der Waals surface area contributed by atoms with Gasteiger partial charge in [0.05, 0.1) is 0 Å². The van der Waals surface area contributed by atoms with Gasteiger partial charge in [0.1, 0.15) is 10.7 Å². The maximum absolute atomic E-state index is 12.5. The van der Waals surface area contributed by atoms with Gasteiger partial charge in [0.2, 0.25) is 10.0 Å². The van der Waals surface area contributed by atoms with Crippen molar-refractivity contribution in [2.45, 2.75) is 29.9 Å². The van der Waals surface area contributed by atoms with Gasteiger partial charge in [-0.2, -0.15) is 16.1 Å². The van der Waals surface area contributed by atoms with E-state index in [1.165, 1.54) is 18.3 Å². The minimum absolute atomic E-state index is 0.129. The average Bonchev–Trinajstić information content (AvgIpc) is 2.51. The smallest absolute Gasteiger partial charge is 0.244 e. The van der Waals surface area contributed by atoms with E-state index < -0.39 is 10.0 Å². The fourth-order valence-electron chi connectivity index (χ4n) is 1.94. The van der Waals surface area contributed by atoms with E-state index in [1.807, 2.05) is 11.8 Å². The molecule has 5 nitrogen and oxygen atoms in total. The quantitative estimate of drug-likeness (QED) is 0.897. The van der Waals surface area contributed by atoms with Crippen molar-refractivity contribution in [1.29, 1.82) is 0 Å².